The molecule has 0 unspecified atom stereocenters. The van der Waals surface area contributed by atoms with E-state index >= 15 is 0 Å². The average molecular weight is 449 g/mol. The normalized spacial score (nSPS) is 12.8. The smallest absolute Gasteiger partial charge is 0.337 e. The summed E-state index contributed by atoms with van der Waals surface area (Å²) in [5, 5.41) is 3.76. The van der Waals surface area contributed by atoms with Gasteiger partial charge in [-0.2, -0.15) is 0 Å². The molecule has 2 N–H and O–H groups in total. The largest absolute Gasteiger partial charge is 0.465 e. The van der Waals surface area contributed by atoms with E-state index in [0.29, 0.717) is 25.2 Å². The zero-order chi connectivity index (χ0) is 23.4. The molecule has 0 aliphatic carbocycles. The van der Waals surface area contributed by atoms with Crippen LogP contribution in [0, 0.1) is 0 Å². The van der Waals surface area contributed by atoms with Gasteiger partial charge in [0.2, 0.25) is 5.91 Å². The minimum absolute atomic E-state index is 0.00913. The van der Waals surface area contributed by atoms with Crippen LogP contribution in [0.4, 0.5) is 4.79 Å². The lowest BCUT2D eigenvalue weighted by Crippen LogP contribution is -2.40. The fourth-order valence-corrected chi connectivity index (χ4v) is 4.17. The first-order chi connectivity index (χ1) is 16.0. The van der Waals surface area contributed by atoms with E-state index in [1.807, 2.05) is 42.5 Å². The Kier molecular flexibility index (Phi) is 6.63. The predicted molar refractivity (Wildman–Crippen MR) is 125 cm³/mol. The Morgan fingerprint density at radius 3 is 2.70 bits per heavy atom. The first kappa shape index (κ1) is 22.4. The van der Waals surface area contributed by atoms with E-state index < -0.39 is 0 Å². The van der Waals surface area contributed by atoms with Crippen LogP contribution < -0.4 is 5.32 Å². The van der Waals surface area contributed by atoms with E-state index in [9.17, 15) is 14.4 Å². The summed E-state index contributed by atoms with van der Waals surface area (Å²) in [4.78, 5) is 43.9. The van der Waals surface area contributed by atoms with Crippen LogP contribution in [0.2, 0.25) is 0 Å². The van der Waals surface area contributed by atoms with Crippen molar-refractivity contribution in [2.24, 2.45) is 0 Å². The molecule has 2 aromatic carbocycles. The molecule has 0 fully saturated rings. The minimum Gasteiger partial charge on any atom is -0.465 e. The minimum atomic E-state index is -0.386. The van der Waals surface area contributed by atoms with Crippen LogP contribution in [-0.2, 0) is 29.0 Å². The third-order valence-electron chi connectivity index (χ3n) is 5.97. The van der Waals surface area contributed by atoms with E-state index in [4.69, 9.17) is 4.74 Å². The molecule has 0 atom stereocenters. The van der Waals surface area contributed by atoms with E-state index in [1.54, 1.807) is 22.9 Å². The van der Waals surface area contributed by atoms with E-state index in [0.717, 1.165) is 34.1 Å². The Labute approximate surface area is 192 Å². The quantitative estimate of drug-likeness (QED) is 0.567. The highest BCUT2D eigenvalue weighted by atomic mass is 16.5. The number of nitrogens with one attached hydrogen (secondary N) is 2. The summed E-state index contributed by atoms with van der Waals surface area (Å²) in [7, 11) is 3.09. The van der Waals surface area contributed by atoms with Crippen LogP contribution in [0.25, 0.3) is 10.9 Å². The number of aromatic amines is 1. The van der Waals surface area contributed by atoms with E-state index in [-0.39, 0.29) is 30.9 Å². The molecule has 0 saturated carbocycles. The maximum Gasteiger partial charge on any atom is 0.337 e. The Balaban J connectivity index is 1.33. The fraction of sp³-hybridized carbons (Fsp3) is 0.320. The van der Waals surface area contributed by atoms with Gasteiger partial charge < -0.3 is 24.8 Å². The number of esters is 1. The maximum atomic E-state index is 12.8. The lowest BCUT2D eigenvalue weighted by atomic mass is 10.0. The van der Waals surface area contributed by atoms with Gasteiger partial charge in [-0.05, 0) is 23.8 Å². The van der Waals surface area contributed by atoms with Crippen LogP contribution >= 0.6 is 0 Å². The van der Waals surface area contributed by atoms with Crippen molar-refractivity contribution in [3.05, 3.63) is 70.9 Å². The second-order valence-electron chi connectivity index (χ2n) is 8.22. The summed E-state index contributed by atoms with van der Waals surface area (Å²) in [6.45, 7) is 1.87. The highest BCUT2D eigenvalue weighted by molar-refractivity contribution is 5.96. The van der Waals surface area contributed by atoms with Gasteiger partial charge in [-0.1, -0.05) is 30.3 Å². The summed E-state index contributed by atoms with van der Waals surface area (Å²) < 4.78 is 4.83. The molecule has 0 spiro atoms. The molecule has 0 saturated heterocycles. The Bertz CT molecular complexity index is 1170. The lowest BCUT2D eigenvalue weighted by molar-refractivity contribution is -0.131. The first-order valence-electron chi connectivity index (χ1n) is 11.0. The summed E-state index contributed by atoms with van der Waals surface area (Å²) in [5.41, 5.74) is 4.59. The van der Waals surface area contributed by atoms with Crippen molar-refractivity contribution < 1.29 is 19.1 Å². The number of ether oxygens (including phenoxy) is 1. The van der Waals surface area contributed by atoms with Gasteiger partial charge in [0.05, 0.1) is 12.7 Å². The highest BCUT2D eigenvalue weighted by Crippen LogP contribution is 2.29. The second kappa shape index (κ2) is 9.77. The summed E-state index contributed by atoms with van der Waals surface area (Å²) in [5.74, 6) is -0.395. The van der Waals surface area contributed by atoms with Gasteiger partial charge in [0.25, 0.3) is 0 Å². The van der Waals surface area contributed by atoms with Gasteiger partial charge in [0, 0.05) is 68.2 Å². The van der Waals surface area contributed by atoms with Gasteiger partial charge in [-0.25, -0.2) is 9.59 Å². The summed E-state index contributed by atoms with van der Waals surface area (Å²) >= 11 is 0. The third-order valence-corrected chi connectivity index (χ3v) is 5.97. The third kappa shape index (κ3) is 5.00. The van der Waals surface area contributed by atoms with Crippen molar-refractivity contribution in [3.63, 3.8) is 0 Å². The number of rotatable bonds is 6. The van der Waals surface area contributed by atoms with Gasteiger partial charge in [0.15, 0.2) is 0 Å². The molecule has 1 aromatic heterocycles. The standard InChI is InChI=1S/C25H28N4O4/c1-28(15-17-6-4-3-5-7-17)25(32)26-12-10-23(30)29-13-11-22-20(16-29)19-14-18(24(31)33-2)8-9-21(19)27-22/h3-9,14,27H,10-13,15-16H2,1-2H3,(H,26,32). The molecule has 3 amide bonds. The van der Waals surface area contributed by atoms with Crippen molar-refractivity contribution in [3.8, 4) is 0 Å². The number of amides is 3. The van der Waals surface area contributed by atoms with Crippen LogP contribution in [0.3, 0.4) is 0 Å². The molecular formula is C25H28N4O4. The summed E-state index contributed by atoms with van der Waals surface area (Å²) in [6.07, 6.45) is 0.950. The Morgan fingerprint density at radius 1 is 1.15 bits per heavy atom. The zero-order valence-corrected chi connectivity index (χ0v) is 18.9. The number of H-pyrrole nitrogens is 1. The molecule has 2 heterocycles. The van der Waals surface area contributed by atoms with E-state index in [1.165, 1.54) is 7.11 Å². The SMILES string of the molecule is COC(=O)c1ccc2[nH]c3c(c2c1)CN(C(=O)CCNC(=O)N(C)Cc1ccccc1)CC3. The van der Waals surface area contributed by atoms with E-state index in [2.05, 4.69) is 10.3 Å². The number of urea groups is 1. The van der Waals surface area contributed by atoms with Gasteiger partial charge in [-0.15, -0.1) is 0 Å². The molecule has 8 heteroatoms. The number of benzene rings is 2. The predicted octanol–water partition coefficient (Wildman–Crippen LogP) is 3.07. The average Bonchev–Trinajstić information content (AvgIpc) is 3.21. The zero-order valence-electron chi connectivity index (χ0n) is 18.9. The number of carbonyl (C=O) groups is 3. The molecule has 1 aliphatic rings. The number of hydrogen-bond donors (Lipinski definition) is 2. The fourth-order valence-electron chi connectivity index (χ4n) is 4.17. The number of carbonyl (C=O) groups excluding carboxylic acids is 3. The lowest BCUT2D eigenvalue weighted by Gasteiger charge is -2.27. The van der Waals surface area contributed by atoms with Gasteiger partial charge >= 0.3 is 12.0 Å². The van der Waals surface area contributed by atoms with Gasteiger partial charge in [-0.3, -0.25) is 4.79 Å². The van der Waals surface area contributed by atoms with Crippen LogP contribution in [0.15, 0.2) is 48.5 Å². The molecule has 172 valence electrons. The number of aromatic nitrogens is 1. The number of methoxy groups -OCH3 is 1. The molecule has 3 aromatic rings. The molecule has 8 nitrogen and oxygen atoms in total. The van der Waals surface area contributed by atoms with Crippen LogP contribution in [0.1, 0.15) is 33.6 Å². The second-order valence-corrected chi connectivity index (χ2v) is 8.22. The number of hydrogen-bond acceptors (Lipinski definition) is 4. The number of nitrogens with zero attached hydrogens (tertiary/aromatic N) is 2. The number of fused-ring (bicyclic) bond motifs is 3. The van der Waals surface area contributed by atoms with Crippen molar-refractivity contribution in [1.29, 1.82) is 0 Å². The van der Waals surface area contributed by atoms with Crippen molar-refractivity contribution in [1.82, 2.24) is 20.1 Å². The Hall–Kier alpha value is -3.81. The monoisotopic (exact) mass is 448 g/mol. The van der Waals surface area contributed by atoms with Gasteiger partial charge in [0.1, 0.15) is 0 Å². The van der Waals surface area contributed by atoms with Crippen molar-refractivity contribution in [2.45, 2.75) is 25.9 Å². The Morgan fingerprint density at radius 2 is 1.94 bits per heavy atom. The van der Waals surface area contributed by atoms with Crippen LogP contribution in [0.5, 0.6) is 0 Å². The van der Waals surface area contributed by atoms with Crippen molar-refractivity contribution >= 4 is 28.8 Å². The van der Waals surface area contributed by atoms with Crippen molar-refractivity contribution in [2.75, 3.05) is 27.2 Å². The molecule has 4 rings (SSSR count). The molecule has 1 aliphatic heterocycles. The molecular weight excluding hydrogens is 420 g/mol. The summed E-state index contributed by atoms with van der Waals surface area (Å²) in [6, 6.07) is 15.0. The first-order valence-corrected chi connectivity index (χ1v) is 11.0. The van der Waals surface area contributed by atoms with Crippen LogP contribution in [-0.4, -0.2) is 59.9 Å². The highest BCUT2D eigenvalue weighted by Gasteiger charge is 2.24. The molecule has 0 radical (unpaired) electrons. The maximum absolute atomic E-state index is 12.8. The molecule has 33 heavy (non-hydrogen) atoms. The topological polar surface area (TPSA) is 94.7 Å². The molecule has 0 bridgehead atoms.